The molecule has 1 rings (SSSR count). The van der Waals surface area contributed by atoms with Gasteiger partial charge in [0.1, 0.15) is 0 Å². The number of nitrogens with two attached hydrogens (primary N) is 1. The van der Waals surface area contributed by atoms with Gasteiger partial charge in [-0.05, 0) is 25.0 Å². The van der Waals surface area contributed by atoms with Gasteiger partial charge in [0.2, 0.25) is 5.91 Å². The highest BCUT2D eigenvalue weighted by atomic mass is 32.2. The minimum absolute atomic E-state index is 0.0238. The average molecular weight is 274 g/mol. The second kappa shape index (κ2) is 7.36. The maximum atomic E-state index is 12.0. The van der Waals surface area contributed by atoms with Crippen LogP contribution < -0.4 is 11.1 Å². The van der Waals surface area contributed by atoms with E-state index in [0.29, 0.717) is 6.54 Å². The van der Waals surface area contributed by atoms with Crippen molar-refractivity contribution < 1.29 is 9.53 Å². The van der Waals surface area contributed by atoms with Crippen LogP contribution in [-0.2, 0) is 9.53 Å². The van der Waals surface area contributed by atoms with E-state index in [1.807, 2.05) is 18.7 Å². The summed E-state index contributed by atoms with van der Waals surface area (Å²) in [6.07, 6.45) is 5.02. The van der Waals surface area contributed by atoms with Crippen LogP contribution in [0.4, 0.5) is 0 Å². The number of hydrogen-bond acceptors (Lipinski definition) is 4. The molecule has 1 fully saturated rings. The van der Waals surface area contributed by atoms with Gasteiger partial charge in [-0.1, -0.05) is 20.3 Å². The van der Waals surface area contributed by atoms with E-state index in [2.05, 4.69) is 18.5 Å². The zero-order valence-corrected chi connectivity index (χ0v) is 12.5. The number of nitrogens with one attached hydrogen (secondary N) is 1. The highest BCUT2D eigenvalue weighted by Crippen LogP contribution is 2.32. The van der Waals surface area contributed by atoms with Crippen molar-refractivity contribution in [3.8, 4) is 0 Å². The summed E-state index contributed by atoms with van der Waals surface area (Å²) in [6.45, 7) is 6.34. The quantitative estimate of drug-likeness (QED) is 0.768. The molecular formula is C13H26N2O2S. The number of amides is 1. The Hall–Kier alpha value is -0.260. The topological polar surface area (TPSA) is 64.4 Å². The third-order valence-electron chi connectivity index (χ3n) is 3.98. The number of rotatable bonds is 6. The standard InChI is InChI=1S/C13H26N2O2S/c1-4-10(2)11(14)12(16)15-9-13(18-3)5-7-17-8-6-13/h10-11H,4-9,14H2,1-3H3,(H,15,16). The zero-order chi connectivity index (χ0) is 13.6. The van der Waals surface area contributed by atoms with Crippen LogP contribution in [0.3, 0.4) is 0 Å². The third-order valence-corrected chi connectivity index (χ3v) is 5.40. The Labute approximate surface area is 114 Å². The van der Waals surface area contributed by atoms with E-state index < -0.39 is 6.04 Å². The van der Waals surface area contributed by atoms with Gasteiger partial charge in [-0.3, -0.25) is 4.79 Å². The van der Waals surface area contributed by atoms with Crippen molar-refractivity contribution >= 4 is 17.7 Å². The Bertz CT molecular complexity index is 268. The van der Waals surface area contributed by atoms with E-state index in [9.17, 15) is 4.79 Å². The molecule has 2 unspecified atom stereocenters. The fourth-order valence-corrected chi connectivity index (χ4v) is 2.87. The van der Waals surface area contributed by atoms with Crippen molar-refractivity contribution in [1.82, 2.24) is 5.32 Å². The van der Waals surface area contributed by atoms with Crippen LogP contribution in [0.5, 0.6) is 0 Å². The molecule has 0 bridgehead atoms. The first kappa shape index (κ1) is 15.8. The molecule has 1 aliphatic heterocycles. The van der Waals surface area contributed by atoms with Crippen LogP contribution in [-0.4, -0.2) is 42.7 Å². The molecule has 4 nitrogen and oxygen atoms in total. The largest absolute Gasteiger partial charge is 0.381 e. The van der Waals surface area contributed by atoms with Crippen molar-refractivity contribution in [3.63, 3.8) is 0 Å². The molecule has 106 valence electrons. The molecule has 0 aromatic heterocycles. The van der Waals surface area contributed by atoms with Crippen molar-refractivity contribution in [3.05, 3.63) is 0 Å². The van der Waals surface area contributed by atoms with Gasteiger partial charge in [-0.25, -0.2) is 0 Å². The van der Waals surface area contributed by atoms with Gasteiger partial charge in [-0.15, -0.1) is 0 Å². The Balaban J connectivity index is 2.45. The number of carbonyl (C=O) groups excluding carboxylic acids is 1. The van der Waals surface area contributed by atoms with E-state index in [-0.39, 0.29) is 16.6 Å². The van der Waals surface area contributed by atoms with Gasteiger partial charge in [0.25, 0.3) is 0 Å². The molecule has 0 aliphatic carbocycles. The molecule has 2 atom stereocenters. The van der Waals surface area contributed by atoms with Crippen LogP contribution in [0.15, 0.2) is 0 Å². The lowest BCUT2D eigenvalue weighted by Gasteiger charge is -2.36. The molecule has 1 amide bonds. The van der Waals surface area contributed by atoms with Crippen LogP contribution in [0.1, 0.15) is 33.1 Å². The average Bonchev–Trinajstić information content (AvgIpc) is 2.44. The Morgan fingerprint density at radius 3 is 2.61 bits per heavy atom. The van der Waals surface area contributed by atoms with Crippen molar-refractivity contribution in [2.75, 3.05) is 26.0 Å². The van der Waals surface area contributed by atoms with E-state index >= 15 is 0 Å². The lowest BCUT2D eigenvalue weighted by molar-refractivity contribution is -0.123. The smallest absolute Gasteiger partial charge is 0.237 e. The third kappa shape index (κ3) is 4.14. The van der Waals surface area contributed by atoms with Crippen LogP contribution in [0.25, 0.3) is 0 Å². The number of thioether (sulfide) groups is 1. The lowest BCUT2D eigenvalue weighted by atomic mass is 9.97. The fraction of sp³-hybridized carbons (Fsp3) is 0.923. The Kier molecular flexibility index (Phi) is 6.46. The van der Waals surface area contributed by atoms with Crippen molar-refractivity contribution in [1.29, 1.82) is 0 Å². The van der Waals surface area contributed by atoms with Gasteiger partial charge in [0.05, 0.1) is 6.04 Å². The Morgan fingerprint density at radius 1 is 1.50 bits per heavy atom. The molecule has 0 saturated carbocycles. The number of hydrogen-bond donors (Lipinski definition) is 2. The summed E-state index contributed by atoms with van der Waals surface area (Å²) in [5.74, 6) is 0.203. The number of carbonyl (C=O) groups is 1. The highest BCUT2D eigenvalue weighted by Gasteiger charge is 2.32. The highest BCUT2D eigenvalue weighted by molar-refractivity contribution is 8.00. The first-order valence-corrected chi connectivity index (χ1v) is 7.93. The molecule has 1 aliphatic rings. The molecule has 5 heteroatoms. The summed E-state index contributed by atoms with van der Waals surface area (Å²) in [5, 5.41) is 3.02. The predicted octanol–water partition coefficient (Wildman–Crippen LogP) is 1.39. The SMILES string of the molecule is CCC(C)C(N)C(=O)NCC1(SC)CCOCC1. The zero-order valence-electron chi connectivity index (χ0n) is 11.7. The summed E-state index contributed by atoms with van der Waals surface area (Å²) in [6, 6.07) is -0.395. The Morgan fingerprint density at radius 2 is 2.11 bits per heavy atom. The molecule has 1 saturated heterocycles. The van der Waals surface area contributed by atoms with E-state index in [4.69, 9.17) is 10.5 Å². The predicted molar refractivity (Wildman–Crippen MR) is 76.7 cm³/mol. The van der Waals surface area contributed by atoms with Gasteiger partial charge >= 0.3 is 0 Å². The van der Waals surface area contributed by atoms with E-state index in [1.54, 1.807) is 0 Å². The maximum absolute atomic E-state index is 12.0. The van der Waals surface area contributed by atoms with Crippen LogP contribution >= 0.6 is 11.8 Å². The van der Waals surface area contributed by atoms with Crippen LogP contribution in [0, 0.1) is 5.92 Å². The summed E-state index contributed by atoms with van der Waals surface area (Å²) < 4.78 is 5.51. The van der Waals surface area contributed by atoms with E-state index in [0.717, 1.165) is 32.5 Å². The molecule has 18 heavy (non-hydrogen) atoms. The van der Waals surface area contributed by atoms with Crippen LogP contribution in [0.2, 0.25) is 0 Å². The second-order valence-electron chi connectivity index (χ2n) is 5.13. The van der Waals surface area contributed by atoms with Gasteiger partial charge in [-0.2, -0.15) is 11.8 Å². The minimum atomic E-state index is -0.395. The molecule has 0 aromatic carbocycles. The van der Waals surface area contributed by atoms with Gasteiger partial charge in [0.15, 0.2) is 0 Å². The summed E-state index contributed by atoms with van der Waals surface area (Å²) in [7, 11) is 0. The van der Waals surface area contributed by atoms with Crippen molar-refractivity contribution in [2.45, 2.75) is 43.9 Å². The second-order valence-corrected chi connectivity index (χ2v) is 6.40. The summed E-state index contributed by atoms with van der Waals surface area (Å²) in [4.78, 5) is 12.0. The molecule has 0 spiro atoms. The number of ether oxygens (including phenoxy) is 1. The fourth-order valence-electron chi connectivity index (χ4n) is 2.07. The normalized spacial score (nSPS) is 22.2. The first-order chi connectivity index (χ1) is 8.54. The monoisotopic (exact) mass is 274 g/mol. The van der Waals surface area contributed by atoms with Gasteiger partial charge in [0, 0.05) is 24.5 Å². The lowest BCUT2D eigenvalue weighted by Crippen LogP contribution is -2.50. The first-order valence-electron chi connectivity index (χ1n) is 6.71. The van der Waals surface area contributed by atoms with E-state index in [1.165, 1.54) is 0 Å². The molecule has 0 aromatic rings. The molecule has 3 N–H and O–H groups in total. The molecular weight excluding hydrogens is 248 g/mol. The minimum Gasteiger partial charge on any atom is -0.381 e. The van der Waals surface area contributed by atoms with Gasteiger partial charge < -0.3 is 15.8 Å². The summed E-state index contributed by atoms with van der Waals surface area (Å²) >= 11 is 1.83. The maximum Gasteiger partial charge on any atom is 0.237 e. The molecule has 0 radical (unpaired) electrons. The summed E-state index contributed by atoms with van der Waals surface area (Å²) in [5.41, 5.74) is 5.93. The molecule has 1 heterocycles. The van der Waals surface area contributed by atoms with Crippen molar-refractivity contribution in [2.24, 2.45) is 11.7 Å².